The Kier molecular flexibility index (Phi) is 9.32. The fourth-order valence-electron chi connectivity index (χ4n) is 7.65. The molecule has 2 aromatic rings. The minimum Gasteiger partial charge on any atom is -0.461 e. The highest BCUT2D eigenvalue weighted by molar-refractivity contribution is 6.01. The van der Waals surface area contributed by atoms with Gasteiger partial charge in [-0.2, -0.15) is 0 Å². The maximum atomic E-state index is 14.0. The summed E-state index contributed by atoms with van der Waals surface area (Å²) in [6, 6.07) is 6.44. The lowest BCUT2D eigenvalue weighted by molar-refractivity contribution is -0.142. The number of halogens is 1. The Labute approximate surface area is 242 Å². The number of aromatic nitrogens is 1. The smallest absolute Gasteiger partial charge is 0.354 e. The number of carbonyl (C=O) groups is 3. The molecule has 224 valence electrons. The van der Waals surface area contributed by atoms with Gasteiger partial charge in [0, 0.05) is 42.1 Å². The molecule has 8 nitrogen and oxygen atoms in total. The molecule has 1 aromatic heterocycles. The number of nitrogens with one attached hydrogen (secondary N) is 1. The van der Waals surface area contributed by atoms with Crippen LogP contribution in [0.3, 0.4) is 0 Å². The van der Waals surface area contributed by atoms with Crippen LogP contribution in [0.5, 0.6) is 0 Å². The first kappa shape index (κ1) is 29.5. The summed E-state index contributed by atoms with van der Waals surface area (Å²) < 4.78 is 20.1. The molecule has 0 bridgehead atoms. The van der Waals surface area contributed by atoms with Gasteiger partial charge in [0.2, 0.25) is 11.8 Å². The molecule has 2 heterocycles. The fraction of sp³-hybridized carbons (Fsp3) is 0.656. The lowest BCUT2D eigenvalue weighted by Gasteiger charge is -2.36. The molecule has 5 rings (SSSR count). The Morgan fingerprint density at radius 1 is 1.05 bits per heavy atom. The van der Waals surface area contributed by atoms with Crippen LogP contribution in [-0.4, -0.2) is 59.2 Å². The average Bonchev–Trinajstić information content (AvgIpc) is 3.58. The summed E-state index contributed by atoms with van der Waals surface area (Å²) in [5.41, 5.74) is 7.92. The van der Waals surface area contributed by atoms with Gasteiger partial charge < -0.3 is 25.3 Å². The van der Waals surface area contributed by atoms with Gasteiger partial charge in [-0.1, -0.05) is 32.1 Å². The molecule has 2 amide bonds. The Morgan fingerprint density at radius 3 is 2.46 bits per heavy atom. The summed E-state index contributed by atoms with van der Waals surface area (Å²) >= 11 is 0. The molecule has 3 aliphatic rings. The molecule has 3 fully saturated rings. The summed E-state index contributed by atoms with van der Waals surface area (Å²) in [5.74, 6) is 0.113. The highest BCUT2D eigenvalue weighted by Crippen LogP contribution is 2.41. The van der Waals surface area contributed by atoms with Gasteiger partial charge >= 0.3 is 5.97 Å². The van der Waals surface area contributed by atoms with Crippen LogP contribution in [0.4, 0.5) is 10.1 Å². The standard InChI is InChI=1S/C32H45FN4O4/c1-3-41-32(40)28-18-23-17-24(13-14-27(23)36(28)2)35-30(38)29-25(20-7-5-4-6-8-20)15-16-37(29)31(39)22-11-9-21(10-12-22)26(34)19-33/h13-14,17-18,20-22,25-26,29H,3-12,15-16,19,34H2,1-2H3,(H,35,38)/t21?,22?,25-,26?,29-/m0/s1. The summed E-state index contributed by atoms with van der Waals surface area (Å²) in [4.78, 5) is 42.1. The van der Waals surface area contributed by atoms with Crippen molar-refractivity contribution in [2.45, 2.75) is 83.2 Å². The molecule has 1 unspecified atom stereocenters. The van der Waals surface area contributed by atoms with E-state index in [-0.39, 0.29) is 35.5 Å². The Balaban J connectivity index is 1.35. The number of hydrogen-bond donors (Lipinski definition) is 2. The molecule has 1 aliphatic heterocycles. The third-order valence-corrected chi connectivity index (χ3v) is 9.95. The second kappa shape index (κ2) is 12.9. The number of amides is 2. The second-order valence-corrected chi connectivity index (χ2v) is 12.3. The van der Waals surface area contributed by atoms with Crippen LogP contribution in [0.1, 0.15) is 81.6 Å². The fourth-order valence-corrected chi connectivity index (χ4v) is 7.65. The van der Waals surface area contributed by atoms with E-state index in [9.17, 15) is 18.8 Å². The maximum absolute atomic E-state index is 14.0. The highest BCUT2D eigenvalue weighted by atomic mass is 19.1. The van der Waals surface area contributed by atoms with Gasteiger partial charge in [-0.05, 0) is 81.0 Å². The van der Waals surface area contributed by atoms with Gasteiger partial charge in [0.25, 0.3) is 0 Å². The van der Waals surface area contributed by atoms with Crippen molar-refractivity contribution in [3.8, 4) is 0 Å². The van der Waals surface area contributed by atoms with Crippen LogP contribution in [-0.2, 0) is 21.4 Å². The van der Waals surface area contributed by atoms with Crippen molar-refractivity contribution in [3.05, 3.63) is 30.0 Å². The minimum atomic E-state index is -0.528. The summed E-state index contributed by atoms with van der Waals surface area (Å²) in [6.07, 6.45) is 9.55. The number of anilines is 1. The number of nitrogens with zero attached hydrogens (tertiary/aromatic N) is 2. The molecule has 2 aliphatic carbocycles. The lowest BCUT2D eigenvalue weighted by atomic mass is 9.76. The molecule has 1 saturated heterocycles. The molecule has 0 spiro atoms. The number of hydrogen-bond acceptors (Lipinski definition) is 5. The van der Waals surface area contributed by atoms with E-state index in [1.807, 2.05) is 30.1 Å². The third-order valence-electron chi connectivity index (χ3n) is 9.95. The van der Waals surface area contributed by atoms with E-state index < -0.39 is 18.8 Å². The van der Waals surface area contributed by atoms with Crippen molar-refractivity contribution in [2.24, 2.45) is 36.5 Å². The van der Waals surface area contributed by atoms with Crippen LogP contribution >= 0.6 is 0 Å². The van der Waals surface area contributed by atoms with E-state index in [1.165, 1.54) is 19.3 Å². The van der Waals surface area contributed by atoms with Gasteiger partial charge in [0.15, 0.2) is 0 Å². The molecule has 2 saturated carbocycles. The summed E-state index contributed by atoms with van der Waals surface area (Å²) in [5, 5.41) is 3.96. The molecule has 1 aromatic carbocycles. The molecular weight excluding hydrogens is 523 g/mol. The Hall–Kier alpha value is -2.94. The van der Waals surface area contributed by atoms with Crippen LogP contribution in [0.15, 0.2) is 24.3 Å². The third kappa shape index (κ3) is 6.15. The number of likely N-dealkylation sites (tertiary alicyclic amines) is 1. The molecule has 41 heavy (non-hydrogen) atoms. The van der Waals surface area contributed by atoms with Gasteiger partial charge in [-0.15, -0.1) is 0 Å². The number of carbonyl (C=O) groups excluding carboxylic acids is 3. The predicted molar refractivity (Wildman–Crippen MR) is 157 cm³/mol. The van der Waals surface area contributed by atoms with Crippen LogP contribution in [0.2, 0.25) is 0 Å². The number of nitrogens with two attached hydrogens (primary N) is 1. The number of aryl methyl sites for hydroxylation is 1. The molecular formula is C32H45FN4O4. The van der Waals surface area contributed by atoms with Crippen molar-refractivity contribution >= 4 is 34.4 Å². The van der Waals surface area contributed by atoms with Crippen LogP contribution in [0.25, 0.3) is 10.9 Å². The second-order valence-electron chi connectivity index (χ2n) is 12.3. The monoisotopic (exact) mass is 568 g/mol. The van der Waals surface area contributed by atoms with E-state index in [1.54, 1.807) is 17.6 Å². The zero-order valence-electron chi connectivity index (χ0n) is 24.4. The van der Waals surface area contributed by atoms with Crippen molar-refractivity contribution in [1.29, 1.82) is 0 Å². The topological polar surface area (TPSA) is 107 Å². The first-order valence-corrected chi connectivity index (χ1v) is 15.5. The number of esters is 1. The van der Waals surface area contributed by atoms with Gasteiger partial charge in [0.05, 0.1) is 6.61 Å². The van der Waals surface area contributed by atoms with Crippen molar-refractivity contribution in [1.82, 2.24) is 9.47 Å². The lowest BCUT2D eigenvalue weighted by Crippen LogP contribution is -2.50. The largest absolute Gasteiger partial charge is 0.461 e. The number of ether oxygens (including phenoxy) is 1. The van der Waals surface area contributed by atoms with Gasteiger partial charge in [0.1, 0.15) is 18.4 Å². The average molecular weight is 569 g/mol. The normalized spacial score (nSPS) is 26.2. The molecule has 9 heteroatoms. The zero-order valence-corrected chi connectivity index (χ0v) is 24.4. The highest BCUT2D eigenvalue weighted by Gasteiger charge is 2.47. The first-order chi connectivity index (χ1) is 19.8. The van der Waals surface area contributed by atoms with Crippen molar-refractivity contribution in [3.63, 3.8) is 0 Å². The Morgan fingerprint density at radius 2 is 1.78 bits per heavy atom. The summed E-state index contributed by atoms with van der Waals surface area (Å²) in [6.45, 7) is 2.15. The van der Waals surface area contributed by atoms with E-state index >= 15 is 0 Å². The Bertz CT molecular complexity index is 1250. The van der Waals surface area contributed by atoms with E-state index in [0.29, 0.717) is 43.3 Å². The first-order valence-electron chi connectivity index (χ1n) is 15.5. The quantitative estimate of drug-likeness (QED) is 0.426. The number of fused-ring (bicyclic) bond motifs is 1. The SMILES string of the molecule is CCOC(=O)c1cc2cc(NC(=O)[C@@H]3[C@H](C4CCCCC4)CCN3C(=O)C3CCC(C(N)CF)CC3)ccc2n1C. The summed E-state index contributed by atoms with van der Waals surface area (Å²) in [7, 11) is 1.82. The van der Waals surface area contributed by atoms with Crippen LogP contribution < -0.4 is 11.1 Å². The van der Waals surface area contributed by atoms with Crippen LogP contribution in [0, 0.1) is 23.7 Å². The number of alkyl halides is 1. The van der Waals surface area contributed by atoms with Crippen molar-refractivity contribution < 1.29 is 23.5 Å². The van der Waals surface area contributed by atoms with E-state index in [2.05, 4.69) is 5.32 Å². The van der Waals surface area contributed by atoms with E-state index in [4.69, 9.17) is 10.5 Å². The molecule has 3 N–H and O–H groups in total. The van der Waals surface area contributed by atoms with Crippen molar-refractivity contribution in [2.75, 3.05) is 25.1 Å². The zero-order chi connectivity index (χ0) is 29.1. The minimum absolute atomic E-state index is 0.0633. The predicted octanol–water partition coefficient (Wildman–Crippen LogP) is 5.19. The van der Waals surface area contributed by atoms with E-state index in [0.717, 1.165) is 43.0 Å². The molecule has 3 atom stereocenters. The maximum Gasteiger partial charge on any atom is 0.354 e. The van der Waals surface area contributed by atoms with Gasteiger partial charge in [-0.25, -0.2) is 9.18 Å². The van der Waals surface area contributed by atoms with Gasteiger partial charge in [-0.3, -0.25) is 9.59 Å². The molecule has 0 radical (unpaired) electrons. The number of rotatable bonds is 8. The number of benzene rings is 1.